The number of nitrogens with one attached hydrogen (secondary N) is 2. The third-order valence-corrected chi connectivity index (χ3v) is 2.75. The number of carbonyl (C=O) groups is 2. The van der Waals surface area contributed by atoms with E-state index >= 15 is 0 Å². The Balaban J connectivity index is 2.09. The van der Waals surface area contributed by atoms with Crippen molar-refractivity contribution in [1.29, 1.82) is 0 Å². The summed E-state index contributed by atoms with van der Waals surface area (Å²) < 4.78 is 13.3. The predicted octanol–water partition coefficient (Wildman–Crippen LogP) is 2.27. The van der Waals surface area contributed by atoms with Crippen LogP contribution < -0.4 is 10.6 Å². The van der Waals surface area contributed by atoms with Crippen LogP contribution in [0.4, 0.5) is 9.18 Å². The van der Waals surface area contributed by atoms with Crippen molar-refractivity contribution in [2.24, 2.45) is 0 Å². The van der Waals surface area contributed by atoms with Crippen molar-refractivity contribution >= 4 is 12.0 Å². The Labute approximate surface area is 117 Å². The summed E-state index contributed by atoms with van der Waals surface area (Å²) in [6.07, 6.45) is 2.23. The molecule has 0 aliphatic rings. The Morgan fingerprint density at radius 3 is 2.55 bits per heavy atom. The first-order valence-corrected chi connectivity index (χ1v) is 6.56. The van der Waals surface area contributed by atoms with Gasteiger partial charge in [0.2, 0.25) is 0 Å². The van der Waals surface area contributed by atoms with Gasteiger partial charge in [0.1, 0.15) is 5.82 Å². The van der Waals surface area contributed by atoms with E-state index in [0.29, 0.717) is 18.5 Å². The molecular formula is C14H19FN2O3. The standard InChI is InChI=1S/C14H19FN2O3/c15-12-7-4-3-6-11(12)10-17-14(20)16-9-5-1-2-8-13(18)19/h3-4,6-7H,1-2,5,8-10H2,(H,18,19)(H2,16,17,20). The summed E-state index contributed by atoms with van der Waals surface area (Å²) in [5, 5.41) is 13.7. The monoisotopic (exact) mass is 282 g/mol. The quantitative estimate of drug-likeness (QED) is 0.640. The smallest absolute Gasteiger partial charge is 0.315 e. The zero-order valence-electron chi connectivity index (χ0n) is 11.2. The minimum Gasteiger partial charge on any atom is -0.481 e. The first-order chi connectivity index (χ1) is 9.59. The number of hydrogen-bond donors (Lipinski definition) is 3. The molecule has 0 saturated heterocycles. The Morgan fingerprint density at radius 1 is 1.10 bits per heavy atom. The van der Waals surface area contributed by atoms with Gasteiger partial charge in [-0.15, -0.1) is 0 Å². The molecule has 0 radical (unpaired) electrons. The van der Waals surface area contributed by atoms with E-state index < -0.39 is 5.97 Å². The van der Waals surface area contributed by atoms with Crippen LogP contribution in [0.25, 0.3) is 0 Å². The van der Waals surface area contributed by atoms with Gasteiger partial charge in [0.05, 0.1) is 0 Å². The molecule has 0 saturated carbocycles. The molecule has 1 aromatic rings. The number of aliphatic carboxylic acids is 1. The van der Waals surface area contributed by atoms with Crippen molar-refractivity contribution < 1.29 is 19.1 Å². The van der Waals surface area contributed by atoms with Crippen molar-refractivity contribution in [2.45, 2.75) is 32.2 Å². The maximum atomic E-state index is 13.3. The molecule has 5 nitrogen and oxygen atoms in total. The van der Waals surface area contributed by atoms with Crippen LogP contribution in [0, 0.1) is 5.82 Å². The van der Waals surface area contributed by atoms with Crippen molar-refractivity contribution in [1.82, 2.24) is 10.6 Å². The number of hydrogen-bond acceptors (Lipinski definition) is 2. The van der Waals surface area contributed by atoms with Gasteiger partial charge in [0.25, 0.3) is 0 Å². The van der Waals surface area contributed by atoms with Crippen LogP contribution in [-0.2, 0) is 11.3 Å². The molecular weight excluding hydrogens is 263 g/mol. The summed E-state index contributed by atoms with van der Waals surface area (Å²) in [4.78, 5) is 21.7. The summed E-state index contributed by atoms with van der Waals surface area (Å²) in [5.41, 5.74) is 0.434. The highest BCUT2D eigenvalue weighted by Crippen LogP contribution is 2.05. The fourth-order valence-corrected chi connectivity index (χ4v) is 1.66. The van der Waals surface area contributed by atoms with Crippen LogP contribution in [0.15, 0.2) is 24.3 Å². The van der Waals surface area contributed by atoms with E-state index in [2.05, 4.69) is 10.6 Å². The molecule has 20 heavy (non-hydrogen) atoms. The van der Waals surface area contributed by atoms with Gasteiger partial charge in [0.15, 0.2) is 0 Å². The Morgan fingerprint density at radius 2 is 1.85 bits per heavy atom. The molecule has 0 aliphatic heterocycles. The molecule has 0 heterocycles. The van der Waals surface area contributed by atoms with Crippen molar-refractivity contribution in [3.8, 4) is 0 Å². The lowest BCUT2D eigenvalue weighted by molar-refractivity contribution is -0.137. The Bertz CT molecular complexity index is 452. The zero-order valence-corrected chi connectivity index (χ0v) is 11.2. The van der Waals surface area contributed by atoms with Crippen molar-refractivity contribution in [3.05, 3.63) is 35.6 Å². The molecule has 0 bridgehead atoms. The summed E-state index contributed by atoms with van der Waals surface area (Å²) in [6.45, 7) is 0.611. The molecule has 0 unspecified atom stereocenters. The second kappa shape index (κ2) is 8.90. The van der Waals surface area contributed by atoms with Crippen LogP contribution in [0.1, 0.15) is 31.2 Å². The van der Waals surface area contributed by atoms with Gasteiger partial charge in [-0.2, -0.15) is 0 Å². The molecule has 1 rings (SSSR count). The molecule has 0 aromatic heterocycles. The number of rotatable bonds is 8. The number of carboxylic acids is 1. The van der Waals surface area contributed by atoms with Crippen LogP contribution in [0.2, 0.25) is 0 Å². The van der Waals surface area contributed by atoms with Crippen LogP contribution in [-0.4, -0.2) is 23.7 Å². The van der Waals surface area contributed by atoms with Gasteiger partial charge in [-0.3, -0.25) is 4.79 Å². The highest BCUT2D eigenvalue weighted by atomic mass is 19.1. The fourth-order valence-electron chi connectivity index (χ4n) is 1.66. The third-order valence-electron chi connectivity index (χ3n) is 2.75. The van der Waals surface area contributed by atoms with Gasteiger partial charge in [-0.05, 0) is 18.9 Å². The molecule has 110 valence electrons. The maximum Gasteiger partial charge on any atom is 0.315 e. The van der Waals surface area contributed by atoms with Gasteiger partial charge in [-0.25, -0.2) is 9.18 Å². The molecule has 0 atom stereocenters. The minimum absolute atomic E-state index is 0.136. The number of unbranched alkanes of at least 4 members (excludes halogenated alkanes) is 2. The normalized spacial score (nSPS) is 10.1. The van der Waals surface area contributed by atoms with Gasteiger partial charge in [0, 0.05) is 25.1 Å². The summed E-state index contributed by atoms with van der Waals surface area (Å²) >= 11 is 0. The summed E-state index contributed by atoms with van der Waals surface area (Å²) in [5.74, 6) is -1.15. The second-order valence-corrected chi connectivity index (χ2v) is 4.41. The van der Waals surface area contributed by atoms with Crippen molar-refractivity contribution in [3.63, 3.8) is 0 Å². The summed E-state index contributed by atoms with van der Waals surface area (Å²) in [7, 11) is 0. The van der Waals surface area contributed by atoms with Crippen molar-refractivity contribution in [2.75, 3.05) is 6.54 Å². The maximum absolute atomic E-state index is 13.3. The molecule has 0 fully saturated rings. The lowest BCUT2D eigenvalue weighted by atomic mass is 10.2. The molecule has 2 amide bonds. The Hall–Kier alpha value is -2.11. The predicted molar refractivity (Wildman–Crippen MR) is 72.7 cm³/mol. The molecule has 1 aromatic carbocycles. The van der Waals surface area contributed by atoms with Gasteiger partial charge < -0.3 is 15.7 Å². The number of urea groups is 1. The zero-order chi connectivity index (χ0) is 14.8. The van der Waals surface area contributed by atoms with E-state index in [0.717, 1.165) is 12.8 Å². The van der Waals surface area contributed by atoms with E-state index in [1.807, 2.05) is 0 Å². The van der Waals surface area contributed by atoms with E-state index in [-0.39, 0.29) is 24.8 Å². The first-order valence-electron chi connectivity index (χ1n) is 6.56. The topological polar surface area (TPSA) is 78.4 Å². The highest BCUT2D eigenvalue weighted by Gasteiger charge is 2.03. The Kier molecular flexibility index (Phi) is 7.10. The molecule has 3 N–H and O–H groups in total. The van der Waals surface area contributed by atoms with Crippen LogP contribution >= 0.6 is 0 Å². The largest absolute Gasteiger partial charge is 0.481 e. The average Bonchev–Trinajstić information content (AvgIpc) is 2.41. The van der Waals surface area contributed by atoms with E-state index in [9.17, 15) is 14.0 Å². The third kappa shape index (κ3) is 6.72. The van der Waals surface area contributed by atoms with Crippen LogP contribution in [0.5, 0.6) is 0 Å². The van der Waals surface area contributed by atoms with Gasteiger partial charge in [-0.1, -0.05) is 24.6 Å². The SMILES string of the molecule is O=C(O)CCCCCNC(=O)NCc1ccccc1F. The number of amides is 2. The lowest BCUT2D eigenvalue weighted by Gasteiger charge is -2.08. The summed E-state index contributed by atoms with van der Waals surface area (Å²) in [6, 6.07) is 5.90. The molecule has 0 aliphatic carbocycles. The highest BCUT2D eigenvalue weighted by molar-refractivity contribution is 5.73. The van der Waals surface area contributed by atoms with E-state index in [4.69, 9.17) is 5.11 Å². The number of benzene rings is 1. The number of halogens is 1. The van der Waals surface area contributed by atoms with E-state index in [1.54, 1.807) is 18.2 Å². The lowest BCUT2D eigenvalue weighted by Crippen LogP contribution is -2.35. The second-order valence-electron chi connectivity index (χ2n) is 4.41. The number of carboxylic acid groups (broad SMARTS) is 1. The molecule has 0 spiro atoms. The van der Waals surface area contributed by atoms with Crippen LogP contribution in [0.3, 0.4) is 0 Å². The van der Waals surface area contributed by atoms with E-state index in [1.165, 1.54) is 6.07 Å². The van der Waals surface area contributed by atoms with Gasteiger partial charge >= 0.3 is 12.0 Å². The fraction of sp³-hybridized carbons (Fsp3) is 0.429. The average molecular weight is 282 g/mol. The number of carbonyl (C=O) groups excluding carboxylic acids is 1. The molecule has 6 heteroatoms. The minimum atomic E-state index is -0.805. The first kappa shape index (κ1) is 15.9.